The first-order valence-corrected chi connectivity index (χ1v) is 6.39. The summed E-state index contributed by atoms with van der Waals surface area (Å²) in [5.74, 6) is -0.274. The Hall–Kier alpha value is -1.94. The summed E-state index contributed by atoms with van der Waals surface area (Å²) in [6.45, 7) is 2.14. The van der Waals surface area contributed by atoms with E-state index >= 15 is 0 Å². The molecule has 4 nitrogen and oxygen atoms in total. The van der Waals surface area contributed by atoms with Gasteiger partial charge in [-0.15, -0.1) is 0 Å². The highest BCUT2D eigenvalue weighted by atomic mass is 16.5. The number of carbonyl (C=O) groups excluding carboxylic acids is 1. The molecule has 19 heavy (non-hydrogen) atoms. The number of hydrogen-bond donors (Lipinski definition) is 1. The van der Waals surface area contributed by atoms with E-state index < -0.39 is 6.10 Å². The highest BCUT2D eigenvalue weighted by Crippen LogP contribution is 2.22. The van der Waals surface area contributed by atoms with Gasteiger partial charge < -0.3 is 9.84 Å². The monoisotopic (exact) mass is 259 g/mol. The number of esters is 1. The SMILES string of the molecule is CCOC(=O)CCC(O)c1ccc2ncccc2c1. The molecule has 0 bridgehead atoms. The third kappa shape index (κ3) is 3.51. The Labute approximate surface area is 112 Å². The quantitative estimate of drug-likeness (QED) is 0.838. The highest BCUT2D eigenvalue weighted by Gasteiger charge is 2.11. The van der Waals surface area contributed by atoms with Crippen molar-refractivity contribution in [2.45, 2.75) is 25.9 Å². The van der Waals surface area contributed by atoms with Gasteiger partial charge in [0.1, 0.15) is 0 Å². The summed E-state index contributed by atoms with van der Waals surface area (Å²) in [7, 11) is 0. The Morgan fingerprint density at radius 1 is 1.42 bits per heavy atom. The minimum atomic E-state index is -0.658. The van der Waals surface area contributed by atoms with Crippen molar-refractivity contribution >= 4 is 16.9 Å². The maximum absolute atomic E-state index is 11.2. The fourth-order valence-corrected chi connectivity index (χ4v) is 1.96. The van der Waals surface area contributed by atoms with Gasteiger partial charge in [-0.2, -0.15) is 0 Å². The average Bonchev–Trinajstić information content (AvgIpc) is 2.44. The first kappa shape index (κ1) is 13.5. The molecule has 0 saturated carbocycles. The van der Waals surface area contributed by atoms with E-state index in [-0.39, 0.29) is 12.4 Å². The van der Waals surface area contributed by atoms with E-state index in [9.17, 15) is 9.90 Å². The van der Waals surface area contributed by atoms with Crippen molar-refractivity contribution in [3.8, 4) is 0 Å². The highest BCUT2D eigenvalue weighted by molar-refractivity contribution is 5.79. The number of carbonyl (C=O) groups is 1. The van der Waals surface area contributed by atoms with Crippen LogP contribution >= 0.6 is 0 Å². The minimum absolute atomic E-state index is 0.222. The molecule has 2 aromatic rings. The molecule has 1 heterocycles. The van der Waals surface area contributed by atoms with E-state index in [1.54, 1.807) is 13.1 Å². The summed E-state index contributed by atoms with van der Waals surface area (Å²) in [6.07, 6.45) is 1.66. The predicted octanol–water partition coefficient (Wildman–Crippen LogP) is 2.61. The number of benzene rings is 1. The predicted molar refractivity (Wildman–Crippen MR) is 72.6 cm³/mol. The molecule has 0 aliphatic heterocycles. The zero-order valence-corrected chi connectivity index (χ0v) is 10.9. The summed E-state index contributed by atoms with van der Waals surface area (Å²) in [5, 5.41) is 11.1. The van der Waals surface area contributed by atoms with E-state index in [1.807, 2.05) is 30.3 Å². The number of aliphatic hydroxyl groups excluding tert-OH is 1. The maximum Gasteiger partial charge on any atom is 0.305 e. The summed E-state index contributed by atoms with van der Waals surface area (Å²) < 4.78 is 4.84. The molecule has 0 aliphatic rings. The summed E-state index contributed by atoms with van der Waals surface area (Å²) in [4.78, 5) is 15.5. The third-order valence-electron chi connectivity index (χ3n) is 2.94. The number of ether oxygens (including phenoxy) is 1. The van der Waals surface area contributed by atoms with Crippen molar-refractivity contribution in [1.82, 2.24) is 4.98 Å². The van der Waals surface area contributed by atoms with Gasteiger partial charge in [-0.1, -0.05) is 12.1 Å². The Morgan fingerprint density at radius 2 is 2.26 bits per heavy atom. The molecule has 100 valence electrons. The fourth-order valence-electron chi connectivity index (χ4n) is 1.96. The number of nitrogens with zero attached hydrogens (tertiary/aromatic N) is 1. The van der Waals surface area contributed by atoms with Crippen molar-refractivity contribution in [2.75, 3.05) is 6.61 Å². The lowest BCUT2D eigenvalue weighted by Crippen LogP contribution is -2.07. The Morgan fingerprint density at radius 3 is 3.05 bits per heavy atom. The van der Waals surface area contributed by atoms with E-state index in [2.05, 4.69) is 4.98 Å². The molecule has 4 heteroatoms. The van der Waals surface area contributed by atoms with E-state index in [0.29, 0.717) is 13.0 Å². The van der Waals surface area contributed by atoms with Crippen molar-refractivity contribution in [3.05, 3.63) is 42.1 Å². The largest absolute Gasteiger partial charge is 0.466 e. The molecule has 1 aromatic carbocycles. The number of aliphatic hydroxyl groups is 1. The van der Waals surface area contributed by atoms with Gasteiger partial charge in [0.2, 0.25) is 0 Å². The smallest absolute Gasteiger partial charge is 0.305 e. The molecule has 0 spiro atoms. The average molecular weight is 259 g/mol. The number of aromatic nitrogens is 1. The van der Waals surface area contributed by atoms with Gasteiger partial charge in [0.15, 0.2) is 0 Å². The second-order valence-corrected chi connectivity index (χ2v) is 4.32. The number of hydrogen-bond acceptors (Lipinski definition) is 4. The standard InChI is InChI=1S/C15H17NO3/c1-2-19-15(18)8-7-14(17)12-5-6-13-11(10-12)4-3-9-16-13/h3-6,9-10,14,17H,2,7-8H2,1H3. The van der Waals surface area contributed by atoms with Gasteiger partial charge in [-0.05, 0) is 37.1 Å². The minimum Gasteiger partial charge on any atom is -0.466 e. The Balaban J connectivity index is 2.04. The molecule has 0 saturated heterocycles. The number of rotatable bonds is 5. The van der Waals surface area contributed by atoms with Gasteiger partial charge in [-0.3, -0.25) is 9.78 Å². The van der Waals surface area contributed by atoms with Crippen LogP contribution in [0.3, 0.4) is 0 Å². The molecule has 1 unspecified atom stereocenters. The van der Waals surface area contributed by atoms with E-state index in [0.717, 1.165) is 16.5 Å². The van der Waals surface area contributed by atoms with E-state index in [1.165, 1.54) is 0 Å². The van der Waals surface area contributed by atoms with Crippen molar-refractivity contribution < 1.29 is 14.6 Å². The normalized spacial score (nSPS) is 12.3. The molecule has 1 aromatic heterocycles. The zero-order valence-electron chi connectivity index (χ0n) is 10.9. The van der Waals surface area contributed by atoms with Crippen LogP contribution in [0.1, 0.15) is 31.4 Å². The molecule has 2 rings (SSSR count). The molecule has 1 atom stereocenters. The van der Waals surface area contributed by atoms with Crippen LogP contribution in [-0.4, -0.2) is 22.7 Å². The molecular weight excluding hydrogens is 242 g/mol. The van der Waals surface area contributed by atoms with Gasteiger partial charge in [0.05, 0.1) is 18.2 Å². The molecule has 0 aliphatic carbocycles. The lowest BCUT2D eigenvalue weighted by molar-refractivity contribution is -0.143. The molecule has 1 N–H and O–H groups in total. The second-order valence-electron chi connectivity index (χ2n) is 4.32. The fraction of sp³-hybridized carbons (Fsp3) is 0.333. The van der Waals surface area contributed by atoms with Crippen LogP contribution in [0, 0.1) is 0 Å². The van der Waals surface area contributed by atoms with Crippen LogP contribution in [-0.2, 0) is 9.53 Å². The topological polar surface area (TPSA) is 59.4 Å². The van der Waals surface area contributed by atoms with Crippen LogP contribution in [0.25, 0.3) is 10.9 Å². The lowest BCUT2D eigenvalue weighted by Gasteiger charge is -2.11. The summed E-state index contributed by atoms with van der Waals surface area (Å²) in [6, 6.07) is 9.42. The Kier molecular flexibility index (Phi) is 4.47. The molecule has 0 fully saturated rings. The van der Waals surface area contributed by atoms with Crippen LogP contribution < -0.4 is 0 Å². The molecule has 0 radical (unpaired) electrons. The van der Waals surface area contributed by atoms with Crippen LogP contribution in [0.4, 0.5) is 0 Å². The maximum atomic E-state index is 11.2. The van der Waals surface area contributed by atoms with Crippen LogP contribution in [0.15, 0.2) is 36.5 Å². The van der Waals surface area contributed by atoms with Crippen LogP contribution in [0.2, 0.25) is 0 Å². The van der Waals surface area contributed by atoms with Crippen molar-refractivity contribution in [1.29, 1.82) is 0 Å². The van der Waals surface area contributed by atoms with E-state index in [4.69, 9.17) is 4.74 Å². The first-order chi connectivity index (χ1) is 9.20. The molecular formula is C15H17NO3. The first-order valence-electron chi connectivity index (χ1n) is 6.39. The molecule has 0 amide bonds. The zero-order chi connectivity index (χ0) is 13.7. The second kappa shape index (κ2) is 6.29. The van der Waals surface area contributed by atoms with Gasteiger partial charge in [0, 0.05) is 18.0 Å². The van der Waals surface area contributed by atoms with Gasteiger partial charge in [0.25, 0.3) is 0 Å². The van der Waals surface area contributed by atoms with Gasteiger partial charge in [-0.25, -0.2) is 0 Å². The van der Waals surface area contributed by atoms with Crippen molar-refractivity contribution in [3.63, 3.8) is 0 Å². The Bertz CT molecular complexity index is 568. The van der Waals surface area contributed by atoms with Crippen molar-refractivity contribution in [2.24, 2.45) is 0 Å². The van der Waals surface area contributed by atoms with Gasteiger partial charge >= 0.3 is 5.97 Å². The third-order valence-corrected chi connectivity index (χ3v) is 2.94. The number of fused-ring (bicyclic) bond motifs is 1. The summed E-state index contributed by atoms with van der Waals surface area (Å²) >= 11 is 0. The lowest BCUT2D eigenvalue weighted by atomic mass is 10.0. The summed E-state index contributed by atoms with van der Waals surface area (Å²) in [5.41, 5.74) is 1.69. The van der Waals surface area contributed by atoms with Crippen LogP contribution in [0.5, 0.6) is 0 Å². The number of pyridine rings is 1.